The molecule has 0 spiro atoms. The van der Waals surface area contributed by atoms with Crippen LogP contribution in [-0.4, -0.2) is 83.1 Å². The van der Waals surface area contributed by atoms with Gasteiger partial charge < -0.3 is 25.2 Å². The summed E-state index contributed by atoms with van der Waals surface area (Å²) in [5.74, 6) is 1.52. The lowest BCUT2D eigenvalue weighted by molar-refractivity contribution is -0.142. The lowest BCUT2D eigenvalue weighted by atomic mass is 9.90. The van der Waals surface area contributed by atoms with Crippen LogP contribution in [0.2, 0.25) is 0 Å². The highest BCUT2D eigenvalue weighted by Gasteiger charge is 2.50. The van der Waals surface area contributed by atoms with Crippen molar-refractivity contribution in [2.75, 3.05) is 50.0 Å². The number of morpholine rings is 1. The van der Waals surface area contributed by atoms with Crippen molar-refractivity contribution in [3.63, 3.8) is 0 Å². The molecule has 9 heteroatoms. The molecule has 9 nitrogen and oxygen atoms in total. The molecule has 3 aliphatic rings. The highest BCUT2D eigenvalue weighted by molar-refractivity contribution is 5.87. The first-order chi connectivity index (χ1) is 13.9. The van der Waals surface area contributed by atoms with Gasteiger partial charge in [0.15, 0.2) is 0 Å². The Bertz CT molecular complexity index is 766. The maximum absolute atomic E-state index is 13.3. The number of piperazine rings is 1. The molecule has 0 saturated carbocycles. The van der Waals surface area contributed by atoms with Crippen LogP contribution in [0.25, 0.3) is 0 Å². The standard InChI is InChI=1S/C20H30N6O3/c1-13(2)7-16-15(20(28)24-3-5-29-6-4-24)8-14-10-25(11-19(27)26(14)16)18-9-17(21)22-12-23-18/h9,12-16H,3-8,10-11H2,1-2H3,(H2,21,22,23)/t14-,15-,16-/m1/s1. The molecule has 0 bridgehead atoms. The number of anilines is 2. The summed E-state index contributed by atoms with van der Waals surface area (Å²) in [7, 11) is 0. The number of nitrogens with zero attached hydrogens (tertiary/aromatic N) is 5. The van der Waals surface area contributed by atoms with Crippen molar-refractivity contribution in [1.82, 2.24) is 19.8 Å². The topological polar surface area (TPSA) is 105 Å². The van der Waals surface area contributed by atoms with Crippen LogP contribution >= 0.6 is 0 Å². The van der Waals surface area contributed by atoms with Gasteiger partial charge in [0.05, 0.1) is 31.7 Å². The van der Waals surface area contributed by atoms with Crippen molar-refractivity contribution < 1.29 is 14.3 Å². The SMILES string of the molecule is CC(C)C[C@@H]1[C@H](C(=O)N2CCOCC2)C[C@@H]2CN(c3cc(N)ncn3)CC(=O)N21. The quantitative estimate of drug-likeness (QED) is 0.776. The summed E-state index contributed by atoms with van der Waals surface area (Å²) in [6, 6.07) is 1.66. The van der Waals surface area contributed by atoms with Gasteiger partial charge in [-0.25, -0.2) is 9.97 Å². The Balaban J connectivity index is 1.56. The van der Waals surface area contributed by atoms with Crippen molar-refractivity contribution in [2.45, 2.75) is 38.8 Å². The third kappa shape index (κ3) is 4.01. The molecule has 0 aromatic carbocycles. The van der Waals surface area contributed by atoms with Gasteiger partial charge in [0.25, 0.3) is 0 Å². The number of nitrogen functional groups attached to an aromatic ring is 1. The zero-order valence-electron chi connectivity index (χ0n) is 17.2. The number of aromatic nitrogens is 2. The highest BCUT2D eigenvalue weighted by atomic mass is 16.5. The number of fused-ring (bicyclic) bond motifs is 1. The van der Waals surface area contributed by atoms with Crippen LogP contribution in [0.15, 0.2) is 12.4 Å². The van der Waals surface area contributed by atoms with Crippen LogP contribution in [0.3, 0.4) is 0 Å². The number of rotatable bonds is 4. The molecule has 3 saturated heterocycles. The van der Waals surface area contributed by atoms with E-state index in [2.05, 4.69) is 23.8 Å². The Morgan fingerprint density at radius 1 is 1.31 bits per heavy atom. The fraction of sp³-hybridized carbons (Fsp3) is 0.700. The van der Waals surface area contributed by atoms with E-state index in [-0.39, 0.29) is 36.4 Å². The number of amides is 2. The van der Waals surface area contributed by atoms with E-state index < -0.39 is 0 Å². The summed E-state index contributed by atoms with van der Waals surface area (Å²) in [6.07, 6.45) is 2.95. The van der Waals surface area contributed by atoms with E-state index in [0.717, 1.165) is 6.42 Å². The predicted octanol–water partition coefficient (Wildman–Crippen LogP) is 0.369. The summed E-state index contributed by atoms with van der Waals surface area (Å²) < 4.78 is 5.40. The minimum Gasteiger partial charge on any atom is -0.384 e. The lowest BCUT2D eigenvalue weighted by Gasteiger charge is -2.41. The zero-order valence-corrected chi connectivity index (χ0v) is 17.2. The van der Waals surface area contributed by atoms with Gasteiger partial charge in [0, 0.05) is 31.7 Å². The molecule has 4 rings (SSSR count). The maximum atomic E-state index is 13.3. The molecule has 3 fully saturated rings. The summed E-state index contributed by atoms with van der Waals surface area (Å²) in [4.78, 5) is 40.5. The van der Waals surface area contributed by atoms with Gasteiger partial charge in [0.2, 0.25) is 11.8 Å². The summed E-state index contributed by atoms with van der Waals surface area (Å²) in [5.41, 5.74) is 5.79. The zero-order chi connectivity index (χ0) is 20.5. The van der Waals surface area contributed by atoms with E-state index in [0.29, 0.717) is 56.8 Å². The highest BCUT2D eigenvalue weighted by Crippen LogP contribution is 2.38. The second-order valence-corrected chi connectivity index (χ2v) is 8.61. The largest absolute Gasteiger partial charge is 0.384 e. The third-order valence-corrected chi connectivity index (χ3v) is 6.14. The number of nitrogens with two attached hydrogens (primary N) is 1. The molecule has 1 aromatic heterocycles. The van der Waals surface area contributed by atoms with Crippen LogP contribution in [0.5, 0.6) is 0 Å². The van der Waals surface area contributed by atoms with E-state index in [1.54, 1.807) is 6.07 Å². The fourth-order valence-electron chi connectivity index (χ4n) is 4.90. The van der Waals surface area contributed by atoms with Crippen LogP contribution in [0, 0.1) is 11.8 Å². The Morgan fingerprint density at radius 3 is 2.76 bits per heavy atom. The number of carbonyl (C=O) groups is 2. The van der Waals surface area contributed by atoms with Gasteiger partial charge in [-0.05, 0) is 18.8 Å². The molecule has 2 amide bonds. The van der Waals surface area contributed by atoms with E-state index in [9.17, 15) is 9.59 Å². The van der Waals surface area contributed by atoms with Crippen molar-refractivity contribution in [3.8, 4) is 0 Å². The van der Waals surface area contributed by atoms with E-state index >= 15 is 0 Å². The van der Waals surface area contributed by atoms with Crippen LogP contribution in [0.1, 0.15) is 26.7 Å². The molecule has 29 heavy (non-hydrogen) atoms. The van der Waals surface area contributed by atoms with Crippen molar-refractivity contribution in [2.24, 2.45) is 11.8 Å². The molecule has 0 radical (unpaired) electrons. The van der Waals surface area contributed by atoms with Crippen LogP contribution < -0.4 is 10.6 Å². The first-order valence-electron chi connectivity index (χ1n) is 10.4. The Morgan fingerprint density at radius 2 is 2.07 bits per heavy atom. The molecule has 2 N–H and O–H groups in total. The molecule has 3 aliphatic heterocycles. The van der Waals surface area contributed by atoms with Gasteiger partial charge in [-0.2, -0.15) is 0 Å². The first kappa shape index (κ1) is 19.9. The number of ether oxygens (including phenoxy) is 1. The normalized spacial score (nSPS) is 27.5. The first-order valence-corrected chi connectivity index (χ1v) is 10.4. The van der Waals surface area contributed by atoms with Crippen LogP contribution in [-0.2, 0) is 14.3 Å². The van der Waals surface area contributed by atoms with Crippen molar-refractivity contribution in [3.05, 3.63) is 12.4 Å². The third-order valence-electron chi connectivity index (χ3n) is 6.14. The van der Waals surface area contributed by atoms with Crippen molar-refractivity contribution >= 4 is 23.5 Å². The molecule has 3 atom stereocenters. The predicted molar refractivity (Wildman–Crippen MR) is 108 cm³/mol. The van der Waals surface area contributed by atoms with Crippen LogP contribution in [0.4, 0.5) is 11.6 Å². The average molecular weight is 402 g/mol. The number of hydrogen-bond acceptors (Lipinski definition) is 7. The molecule has 4 heterocycles. The summed E-state index contributed by atoms with van der Waals surface area (Å²) >= 11 is 0. The Hall–Kier alpha value is -2.42. The second kappa shape index (κ2) is 8.14. The van der Waals surface area contributed by atoms with Gasteiger partial charge in [-0.3, -0.25) is 9.59 Å². The van der Waals surface area contributed by atoms with Gasteiger partial charge in [-0.15, -0.1) is 0 Å². The van der Waals surface area contributed by atoms with Gasteiger partial charge in [0.1, 0.15) is 18.0 Å². The summed E-state index contributed by atoms with van der Waals surface area (Å²) in [5, 5.41) is 0. The smallest absolute Gasteiger partial charge is 0.242 e. The number of carbonyl (C=O) groups excluding carboxylic acids is 2. The number of hydrogen-bond donors (Lipinski definition) is 1. The van der Waals surface area contributed by atoms with E-state index in [1.807, 2.05) is 14.7 Å². The molecule has 1 aromatic rings. The lowest BCUT2D eigenvalue weighted by Crippen LogP contribution is -2.57. The monoisotopic (exact) mass is 402 g/mol. The summed E-state index contributed by atoms with van der Waals surface area (Å²) in [6.45, 7) is 7.64. The maximum Gasteiger partial charge on any atom is 0.242 e. The molecule has 0 aliphatic carbocycles. The fourth-order valence-corrected chi connectivity index (χ4v) is 4.90. The van der Waals surface area contributed by atoms with Crippen molar-refractivity contribution in [1.29, 1.82) is 0 Å². The Kier molecular flexibility index (Phi) is 5.58. The molecule has 158 valence electrons. The van der Waals surface area contributed by atoms with Gasteiger partial charge in [-0.1, -0.05) is 13.8 Å². The van der Waals surface area contributed by atoms with E-state index in [4.69, 9.17) is 10.5 Å². The average Bonchev–Trinajstić information content (AvgIpc) is 3.06. The second-order valence-electron chi connectivity index (χ2n) is 8.61. The Labute approximate surface area is 171 Å². The van der Waals surface area contributed by atoms with Gasteiger partial charge >= 0.3 is 0 Å². The molecular formula is C20H30N6O3. The molecule has 0 unspecified atom stereocenters. The minimum atomic E-state index is -0.153. The minimum absolute atomic E-state index is 0.00572. The van der Waals surface area contributed by atoms with E-state index in [1.165, 1.54) is 6.33 Å². The molecular weight excluding hydrogens is 372 g/mol.